The van der Waals surface area contributed by atoms with E-state index in [0.717, 1.165) is 51.0 Å². The number of methoxy groups -OCH3 is 2. The minimum atomic E-state index is -0.158. The molecule has 40 heavy (non-hydrogen) atoms. The van der Waals surface area contributed by atoms with Gasteiger partial charge in [0, 0.05) is 37.9 Å². The zero-order chi connectivity index (χ0) is 28.6. The zero-order valence-corrected chi connectivity index (χ0v) is 25.0. The maximum absolute atomic E-state index is 12.7. The minimum Gasteiger partial charge on any atom is -0.493 e. The van der Waals surface area contributed by atoms with E-state index in [1.807, 2.05) is 17.1 Å². The number of ether oxygens (including phenoxy) is 3. The van der Waals surface area contributed by atoms with Crippen molar-refractivity contribution in [3.63, 3.8) is 0 Å². The third-order valence-electron chi connectivity index (χ3n) is 7.39. The molecule has 0 saturated carbocycles. The van der Waals surface area contributed by atoms with Gasteiger partial charge in [0.05, 0.1) is 20.8 Å². The Hall–Kier alpha value is -3.19. The molecule has 2 aromatic carbocycles. The number of carbonyl (C=O) groups is 1. The van der Waals surface area contributed by atoms with Crippen molar-refractivity contribution in [3.8, 4) is 17.2 Å². The first-order valence-electron chi connectivity index (χ1n) is 15.0. The molecule has 1 heterocycles. The number of unbranched alkanes of at least 4 members (excludes halogenated alkanes) is 7. The van der Waals surface area contributed by atoms with Crippen LogP contribution in [0.2, 0.25) is 0 Å². The molecule has 1 N–H and O–H groups in total. The first-order valence-corrected chi connectivity index (χ1v) is 15.0. The Morgan fingerprint density at radius 3 is 2.15 bits per heavy atom. The van der Waals surface area contributed by atoms with Gasteiger partial charge in [0.1, 0.15) is 0 Å². The molecule has 0 unspecified atom stereocenters. The molecule has 0 spiro atoms. The van der Waals surface area contributed by atoms with Crippen LogP contribution in [-0.4, -0.2) is 57.9 Å². The third-order valence-corrected chi connectivity index (χ3v) is 7.39. The maximum atomic E-state index is 12.7. The molecule has 0 radical (unpaired) electrons. The number of piperazine rings is 1. The molecule has 2 aromatic rings. The summed E-state index contributed by atoms with van der Waals surface area (Å²) in [7, 11) is 3.24. The van der Waals surface area contributed by atoms with E-state index in [4.69, 9.17) is 14.2 Å². The van der Waals surface area contributed by atoms with Crippen molar-refractivity contribution in [3.05, 3.63) is 53.6 Å². The molecule has 7 heteroatoms. The van der Waals surface area contributed by atoms with Gasteiger partial charge in [0.25, 0.3) is 5.91 Å². The van der Waals surface area contributed by atoms with Crippen LogP contribution in [0.15, 0.2) is 42.5 Å². The van der Waals surface area contributed by atoms with E-state index in [1.54, 1.807) is 26.4 Å². The van der Waals surface area contributed by atoms with Gasteiger partial charge in [-0.2, -0.15) is 0 Å². The number of benzene rings is 2. The summed E-state index contributed by atoms with van der Waals surface area (Å²) < 4.78 is 17.3. The van der Waals surface area contributed by atoms with E-state index in [1.165, 1.54) is 49.8 Å². The van der Waals surface area contributed by atoms with Crippen LogP contribution >= 0.6 is 0 Å². The summed E-state index contributed by atoms with van der Waals surface area (Å²) in [6.45, 7) is 8.31. The number of amides is 1. The summed E-state index contributed by atoms with van der Waals surface area (Å²) >= 11 is 0. The molecule has 220 valence electrons. The SMILES string of the molecule is CCCCCCCCCCOc1c(OC)cc(C=CC(=O)NN2CCN(c3cccc(CC)c3)CC2)cc1OC. The molecule has 1 aliphatic rings. The van der Waals surface area contributed by atoms with Crippen LogP contribution in [0.4, 0.5) is 5.69 Å². The quantitative estimate of drug-likeness (QED) is 0.175. The van der Waals surface area contributed by atoms with E-state index >= 15 is 0 Å². The predicted molar refractivity (Wildman–Crippen MR) is 164 cm³/mol. The maximum Gasteiger partial charge on any atom is 0.258 e. The van der Waals surface area contributed by atoms with Crippen LogP contribution in [0.3, 0.4) is 0 Å². The summed E-state index contributed by atoms with van der Waals surface area (Å²) in [4.78, 5) is 15.0. The number of hydrogen-bond donors (Lipinski definition) is 1. The van der Waals surface area contributed by atoms with Crippen molar-refractivity contribution in [2.45, 2.75) is 71.6 Å². The molecule has 3 rings (SSSR count). The average molecular weight is 552 g/mol. The van der Waals surface area contributed by atoms with Crippen LogP contribution in [0.1, 0.15) is 76.3 Å². The lowest BCUT2D eigenvalue weighted by Crippen LogP contribution is -2.53. The standard InChI is InChI=1S/C33H49N3O4/c1-5-7-8-9-10-11-12-13-23-40-33-30(38-3)25-28(26-31(33)39-4)17-18-32(37)34-36-21-19-35(20-22-36)29-16-14-15-27(6-2)24-29/h14-18,24-26H,5-13,19-23H2,1-4H3,(H,34,37). The number of hydrogen-bond acceptors (Lipinski definition) is 6. The van der Waals surface area contributed by atoms with E-state index in [-0.39, 0.29) is 5.91 Å². The first-order chi connectivity index (χ1) is 19.6. The van der Waals surface area contributed by atoms with Crippen LogP contribution in [-0.2, 0) is 11.2 Å². The Bertz CT molecular complexity index is 1040. The van der Waals surface area contributed by atoms with Crippen molar-refractivity contribution < 1.29 is 19.0 Å². The van der Waals surface area contributed by atoms with E-state index in [0.29, 0.717) is 23.9 Å². The molecule has 1 fully saturated rings. The number of carbonyl (C=O) groups excluding carboxylic acids is 1. The summed E-state index contributed by atoms with van der Waals surface area (Å²) in [6.07, 6.45) is 14.3. The van der Waals surface area contributed by atoms with Gasteiger partial charge >= 0.3 is 0 Å². The molecule has 0 bridgehead atoms. The highest BCUT2D eigenvalue weighted by Crippen LogP contribution is 2.39. The topological polar surface area (TPSA) is 63.3 Å². The van der Waals surface area contributed by atoms with Gasteiger partial charge in [0.15, 0.2) is 11.5 Å². The fourth-order valence-electron chi connectivity index (χ4n) is 4.96. The number of nitrogens with zero attached hydrogens (tertiary/aromatic N) is 2. The molecule has 1 aliphatic heterocycles. The van der Waals surface area contributed by atoms with Crippen LogP contribution in [0, 0.1) is 0 Å². The summed E-state index contributed by atoms with van der Waals surface area (Å²) in [5.74, 6) is 1.65. The summed E-state index contributed by atoms with van der Waals surface area (Å²) in [5, 5.41) is 1.98. The van der Waals surface area contributed by atoms with Gasteiger partial charge in [-0.15, -0.1) is 0 Å². The lowest BCUT2D eigenvalue weighted by atomic mass is 10.1. The Kier molecular flexibility index (Phi) is 13.7. The van der Waals surface area contributed by atoms with Crippen LogP contribution in [0.25, 0.3) is 6.08 Å². The molecule has 1 saturated heterocycles. The molecule has 0 aromatic heterocycles. The lowest BCUT2D eigenvalue weighted by Gasteiger charge is -2.36. The fourth-order valence-corrected chi connectivity index (χ4v) is 4.96. The minimum absolute atomic E-state index is 0.158. The molecule has 0 aliphatic carbocycles. The van der Waals surface area contributed by atoms with E-state index < -0.39 is 0 Å². The van der Waals surface area contributed by atoms with Crippen molar-refractivity contribution in [1.82, 2.24) is 10.4 Å². The first kappa shape index (κ1) is 31.3. The number of anilines is 1. The Labute approximate surface area is 241 Å². The number of nitrogens with one attached hydrogen (secondary N) is 1. The van der Waals surface area contributed by atoms with Gasteiger partial charge in [-0.05, 0) is 54.3 Å². The largest absolute Gasteiger partial charge is 0.493 e. The van der Waals surface area contributed by atoms with Crippen molar-refractivity contribution in [2.75, 3.05) is 51.9 Å². The second-order valence-electron chi connectivity index (χ2n) is 10.4. The highest BCUT2D eigenvalue weighted by molar-refractivity contribution is 5.91. The Morgan fingerprint density at radius 1 is 0.875 bits per heavy atom. The smallest absolute Gasteiger partial charge is 0.258 e. The zero-order valence-electron chi connectivity index (χ0n) is 25.0. The fraction of sp³-hybridized carbons (Fsp3) is 0.545. The number of rotatable bonds is 17. The summed E-state index contributed by atoms with van der Waals surface area (Å²) in [6, 6.07) is 12.4. The number of aryl methyl sites for hydroxylation is 1. The van der Waals surface area contributed by atoms with E-state index in [9.17, 15) is 4.79 Å². The van der Waals surface area contributed by atoms with Gasteiger partial charge in [-0.25, -0.2) is 5.01 Å². The van der Waals surface area contributed by atoms with Crippen molar-refractivity contribution >= 4 is 17.7 Å². The Balaban J connectivity index is 1.46. The summed E-state index contributed by atoms with van der Waals surface area (Å²) in [5.41, 5.74) is 6.40. The number of hydrazine groups is 1. The second-order valence-corrected chi connectivity index (χ2v) is 10.4. The normalized spacial score (nSPS) is 13.9. The molecule has 1 amide bonds. The highest BCUT2D eigenvalue weighted by Gasteiger charge is 2.18. The van der Waals surface area contributed by atoms with Gasteiger partial charge in [0.2, 0.25) is 5.75 Å². The molecule has 0 atom stereocenters. The van der Waals surface area contributed by atoms with Crippen LogP contribution < -0.4 is 24.5 Å². The lowest BCUT2D eigenvalue weighted by molar-refractivity contribution is -0.121. The van der Waals surface area contributed by atoms with Crippen LogP contribution in [0.5, 0.6) is 17.2 Å². The van der Waals surface area contributed by atoms with Crippen molar-refractivity contribution in [2.24, 2.45) is 0 Å². The van der Waals surface area contributed by atoms with Crippen molar-refractivity contribution in [1.29, 1.82) is 0 Å². The molecular formula is C33H49N3O4. The van der Waals surface area contributed by atoms with Gasteiger partial charge < -0.3 is 19.1 Å². The average Bonchev–Trinajstić information content (AvgIpc) is 2.99. The van der Waals surface area contributed by atoms with Gasteiger partial charge in [-0.3, -0.25) is 10.2 Å². The van der Waals surface area contributed by atoms with Gasteiger partial charge in [-0.1, -0.05) is 70.9 Å². The monoisotopic (exact) mass is 551 g/mol. The predicted octanol–water partition coefficient (Wildman–Crippen LogP) is 6.65. The molecule has 7 nitrogen and oxygen atoms in total. The third kappa shape index (κ3) is 10.1. The molecular weight excluding hydrogens is 502 g/mol. The van der Waals surface area contributed by atoms with E-state index in [2.05, 4.69) is 48.4 Å². The Morgan fingerprint density at radius 2 is 1.52 bits per heavy atom. The highest BCUT2D eigenvalue weighted by atomic mass is 16.5. The second kappa shape index (κ2) is 17.5.